The summed E-state index contributed by atoms with van der Waals surface area (Å²) >= 11 is -1.87. The van der Waals surface area contributed by atoms with Gasteiger partial charge in [0, 0.05) is 43.1 Å². The van der Waals surface area contributed by atoms with Gasteiger partial charge in [0.15, 0.2) is 0 Å². The summed E-state index contributed by atoms with van der Waals surface area (Å²) < 4.78 is 7.85. The Kier molecular flexibility index (Phi) is 11.8. The molecule has 0 atom stereocenters. The van der Waals surface area contributed by atoms with Crippen molar-refractivity contribution >= 4 is 39.7 Å². The first-order chi connectivity index (χ1) is 25.0. The summed E-state index contributed by atoms with van der Waals surface area (Å²) in [5.41, 5.74) is 10.6. The van der Waals surface area contributed by atoms with Gasteiger partial charge in [-0.15, -0.1) is 0 Å². The molecule has 0 amide bonds. The number of pyridine rings is 4. The minimum atomic E-state index is -1.87. The van der Waals surface area contributed by atoms with E-state index in [4.69, 9.17) is 9.40 Å². The Morgan fingerprint density at radius 1 is 0.868 bits per heavy atom. The van der Waals surface area contributed by atoms with Crippen LogP contribution in [0.15, 0.2) is 102 Å². The van der Waals surface area contributed by atoms with Crippen LogP contribution in [-0.2, 0) is 31.9 Å². The van der Waals surface area contributed by atoms with E-state index in [9.17, 15) is 0 Å². The normalized spacial score (nSPS) is 13.5. The van der Waals surface area contributed by atoms with Gasteiger partial charge in [0.05, 0.1) is 5.58 Å². The van der Waals surface area contributed by atoms with E-state index < -0.39 is 13.3 Å². The summed E-state index contributed by atoms with van der Waals surface area (Å²) in [5.74, 6) is 8.31. The third kappa shape index (κ3) is 8.72. The van der Waals surface area contributed by atoms with Gasteiger partial charge >= 0.3 is 137 Å². The van der Waals surface area contributed by atoms with E-state index in [1.807, 2.05) is 61.7 Å². The van der Waals surface area contributed by atoms with Crippen LogP contribution >= 0.6 is 0 Å². The number of aryl methyl sites for hydroxylation is 1. The summed E-state index contributed by atoms with van der Waals surface area (Å²) in [6.07, 6.45) is 14.2. The van der Waals surface area contributed by atoms with Crippen LogP contribution in [0.25, 0.3) is 55.8 Å². The molecule has 53 heavy (non-hydrogen) atoms. The molecule has 1 fully saturated rings. The average Bonchev–Trinajstić information content (AvgIpc) is 3.79. The summed E-state index contributed by atoms with van der Waals surface area (Å²) in [5, 5.41) is 1.90. The van der Waals surface area contributed by atoms with E-state index in [0.717, 1.165) is 56.2 Å². The fourth-order valence-electron chi connectivity index (χ4n) is 7.28. The standard InChI is InChI=1S/C26H22N3O.C20H26GeN.Ir/c1-16-10-11-19-22-20(21-14-18(12-13-27-21)26(2,3)4)15-28-23(17-8-6-5-7-9-17)24(22)30-25(19)29-16;1-21(2,3)19-15-22-20(17-11-5-4-6-12-17)14-18(19)13-16-9-7-8-10-16;/h5-14H,1-4H3;4-6,11,14-16H,7-10,13H2,1-3H3;/q2*-1;. The van der Waals surface area contributed by atoms with Crippen LogP contribution in [0, 0.1) is 25.1 Å². The molecule has 0 saturated heterocycles. The Hall–Kier alpha value is -3.97. The van der Waals surface area contributed by atoms with Crippen molar-refractivity contribution in [2.45, 2.75) is 82.5 Å². The van der Waals surface area contributed by atoms with Gasteiger partial charge in [0.25, 0.3) is 0 Å². The predicted molar refractivity (Wildman–Crippen MR) is 217 cm³/mol. The number of furan rings is 1. The first kappa shape index (κ1) is 38.7. The average molecular weight is 938 g/mol. The zero-order valence-electron chi connectivity index (χ0n) is 31.9. The molecule has 0 aliphatic heterocycles. The van der Waals surface area contributed by atoms with Crippen molar-refractivity contribution in [1.29, 1.82) is 0 Å². The summed E-state index contributed by atoms with van der Waals surface area (Å²) in [4.78, 5) is 18.7. The third-order valence-corrected chi connectivity index (χ3v) is 14.5. The Bertz CT molecular complexity index is 2320. The zero-order chi connectivity index (χ0) is 36.5. The molecule has 7 aromatic rings. The number of hydrogen-bond donors (Lipinski definition) is 0. The van der Waals surface area contributed by atoms with E-state index in [-0.39, 0.29) is 25.5 Å². The molecule has 1 saturated carbocycles. The Morgan fingerprint density at radius 2 is 1.62 bits per heavy atom. The van der Waals surface area contributed by atoms with Gasteiger partial charge in [-0.3, -0.25) is 0 Å². The molecule has 0 spiro atoms. The molecule has 5 nitrogen and oxygen atoms in total. The molecule has 0 unspecified atom stereocenters. The molecule has 0 N–H and O–H groups in total. The largest absolute Gasteiger partial charge is 0 e. The van der Waals surface area contributed by atoms with Gasteiger partial charge in [-0.25, -0.2) is 4.98 Å². The Balaban J connectivity index is 0.000000187. The van der Waals surface area contributed by atoms with Gasteiger partial charge in [-0.05, 0) is 52.9 Å². The minimum Gasteiger partial charge on any atom is 0 e. The topological polar surface area (TPSA) is 64.7 Å². The monoisotopic (exact) mass is 939 g/mol. The third-order valence-electron chi connectivity index (χ3n) is 10.1. The molecule has 0 bridgehead atoms. The minimum absolute atomic E-state index is 0. The summed E-state index contributed by atoms with van der Waals surface area (Å²) in [7, 11) is 0. The molecule has 7 heteroatoms. The van der Waals surface area contributed by atoms with Gasteiger partial charge < -0.3 is 14.4 Å². The summed E-state index contributed by atoms with van der Waals surface area (Å²) in [6.45, 7) is 8.55. The van der Waals surface area contributed by atoms with Gasteiger partial charge in [-0.1, -0.05) is 68.8 Å². The second kappa shape index (κ2) is 16.2. The van der Waals surface area contributed by atoms with Crippen LogP contribution < -0.4 is 4.40 Å². The second-order valence-electron chi connectivity index (χ2n) is 16.2. The number of fused-ring (bicyclic) bond motifs is 3. The fourth-order valence-corrected chi connectivity index (χ4v) is 10.6. The smallest absolute Gasteiger partial charge is 0 e. The molecule has 273 valence electrons. The van der Waals surface area contributed by atoms with Gasteiger partial charge in [-0.2, -0.15) is 0 Å². The maximum absolute atomic E-state index is 6.26. The summed E-state index contributed by atoms with van der Waals surface area (Å²) in [6, 6.07) is 32.1. The van der Waals surface area contributed by atoms with E-state index in [0.29, 0.717) is 11.3 Å². The van der Waals surface area contributed by atoms with Crippen molar-refractivity contribution in [2.75, 3.05) is 0 Å². The number of hydrogen-bond acceptors (Lipinski definition) is 5. The molecular formula is C46H48GeIrN4O-2. The van der Waals surface area contributed by atoms with Crippen molar-refractivity contribution < 1.29 is 24.5 Å². The number of rotatable bonds is 6. The quantitative estimate of drug-likeness (QED) is 0.123. The second-order valence-corrected chi connectivity index (χ2v) is 26.8. The van der Waals surface area contributed by atoms with Crippen molar-refractivity contribution in [3.8, 4) is 33.8 Å². The van der Waals surface area contributed by atoms with Crippen LogP contribution in [-0.4, -0.2) is 33.2 Å². The molecule has 1 aliphatic rings. The van der Waals surface area contributed by atoms with E-state index in [1.165, 1.54) is 37.7 Å². The first-order valence-electron chi connectivity index (χ1n) is 18.6. The van der Waals surface area contributed by atoms with Crippen LogP contribution in [0.3, 0.4) is 0 Å². The molecule has 2 aromatic carbocycles. The zero-order valence-corrected chi connectivity index (χ0v) is 36.4. The van der Waals surface area contributed by atoms with Crippen molar-refractivity contribution in [1.82, 2.24) is 19.9 Å². The van der Waals surface area contributed by atoms with E-state index in [2.05, 4.69) is 108 Å². The molecule has 1 aliphatic carbocycles. The van der Waals surface area contributed by atoms with Crippen LogP contribution in [0.4, 0.5) is 0 Å². The van der Waals surface area contributed by atoms with Gasteiger partial charge in [0.2, 0.25) is 5.71 Å². The van der Waals surface area contributed by atoms with Crippen molar-refractivity contribution in [2.24, 2.45) is 5.92 Å². The SMILES string of the molecule is Cc1ccc2c(n1)oc1c(-c3ccccc3)n[c-]c(-c3cc(C(C)(C)C)ccn3)c12.[CH3][Ge]([CH3])([CH3])[c]1cnc(-c2[c-]cccc2)cc1CC1CCCC1.[Ir]. The molecule has 5 aromatic heterocycles. The van der Waals surface area contributed by atoms with Crippen LogP contribution in [0.2, 0.25) is 17.3 Å². The number of aromatic nitrogens is 4. The molecular weight excluding hydrogens is 889 g/mol. The molecule has 8 rings (SSSR count). The van der Waals surface area contributed by atoms with Crippen LogP contribution in [0.5, 0.6) is 0 Å². The van der Waals surface area contributed by atoms with Crippen molar-refractivity contribution in [3.63, 3.8) is 0 Å². The fraction of sp³-hybridized carbons (Fsp3) is 0.304. The van der Waals surface area contributed by atoms with Gasteiger partial charge in [0.1, 0.15) is 0 Å². The van der Waals surface area contributed by atoms with Crippen LogP contribution in [0.1, 0.15) is 63.3 Å². The Labute approximate surface area is 330 Å². The number of benzene rings is 2. The van der Waals surface area contributed by atoms with Crippen molar-refractivity contribution in [3.05, 3.63) is 126 Å². The maximum atomic E-state index is 6.26. The number of nitrogens with zero attached hydrogens (tertiary/aromatic N) is 4. The Morgan fingerprint density at radius 3 is 2.32 bits per heavy atom. The predicted octanol–water partition coefficient (Wildman–Crippen LogP) is 11.3. The maximum Gasteiger partial charge on any atom is 0 e. The van der Waals surface area contributed by atoms with E-state index >= 15 is 0 Å². The first-order valence-corrected chi connectivity index (χ1v) is 25.9. The molecule has 5 heterocycles. The van der Waals surface area contributed by atoms with E-state index in [1.54, 1.807) is 9.96 Å². The molecule has 1 radical (unpaired) electrons.